The second kappa shape index (κ2) is 10.4. The van der Waals surface area contributed by atoms with Crippen LogP contribution >= 0.6 is 0 Å². The van der Waals surface area contributed by atoms with Gasteiger partial charge in [0.15, 0.2) is 0 Å². The van der Waals surface area contributed by atoms with Crippen molar-refractivity contribution in [3.63, 3.8) is 0 Å². The Hall–Kier alpha value is -2.85. The number of furan rings is 1. The van der Waals surface area contributed by atoms with Crippen LogP contribution in [0.4, 0.5) is 10.5 Å². The molecule has 9 nitrogen and oxygen atoms in total. The lowest BCUT2D eigenvalue weighted by Crippen LogP contribution is -2.47. The van der Waals surface area contributed by atoms with Crippen molar-refractivity contribution in [1.82, 2.24) is 14.5 Å². The van der Waals surface area contributed by atoms with Crippen LogP contribution in [-0.2, 0) is 10.0 Å². The summed E-state index contributed by atoms with van der Waals surface area (Å²) in [5.41, 5.74) is 0.949. The molecule has 0 unspecified atom stereocenters. The Morgan fingerprint density at radius 2 is 1.70 bits per heavy atom. The normalized spacial score (nSPS) is 18.5. The van der Waals surface area contributed by atoms with Crippen LogP contribution in [0.15, 0.2) is 52.2 Å². The van der Waals surface area contributed by atoms with Crippen LogP contribution in [0.25, 0.3) is 0 Å². The minimum absolute atomic E-state index is 0.0672. The van der Waals surface area contributed by atoms with Crippen molar-refractivity contribution >= 4 is 27.6 Å². The number of rotatable bonds is 5. The molecule has 3 amide bonds. The summed E-state index contributed by atoms with van der Waals surface area (Å²) in [5.74, 6) is -0.0749. The fourth-order valence-corrected chi connectivity index (χ4v) is 5.88. The third-order valence-corrected chi connectivity index (χ3v) is 8.07. The highest BCUT2D eigenvalue weighted by Gasteiger charge is 2.27. The van der Waals surface area contributed by atoms with E-state index in [1.807, 2.05) is 0 Å². The Morgan fingerprint density at radius 3 is 2.36 bits per heavy atom. The van der Waals surface area contributed by atoms with Gasteiger partial charge in [-0.1, -0.05) is 18.9 Å². The lowest BCUT2D eigenvalue weighted by atomic mass is 10.0. The molecular formula is C23H30N4O5S. The molecule has 0 saturated carbocycles. The van der Waals surface area contributed by atoms with Crippen LogP contribution in [0.5, 0.6) is 0 Å². The van der Waals surface area contributed by atoms with E-state index >= 15 is 0 Å². The predicted molar refractivity (Wildman–Crippen MR) is 123 cm³/mol. The molecule has 0 radical (unpaired) electrons. The lowest BCUT2D eigenvalue weighted by molar-refractivity contribution is 0.0708. The molecule has 0 aliphatic carbocycles. The number of piperidine rings is 1. The maximum absolute atomic E-state index is 13.0. The zero-order valence-corrected chi connectivity index (χ0v) is 19.4. The molecule has 2 aliphatic heterocycles. The second-order valence-corrected chi connectivity index (χ2v) is 10.5. The number of nitrogens with zero attached hydrogens (tertiary/aromatic N) is 2. The van der Waals surface area contributed by atoms with E-state index < -0.39 is 10.0 Å². The molecule has 2 fully saturated rings. The Morgan fingerprint density at radius 1 is 0.970 bits per heavy atom. The van der Waals surface area contributed by atoms with Gasteiger partial charge in [-0.3, -0.25) is 4.79 Å². The molecule has 1 aromatic heterocycles. The smallest absolute Gasteiger partial charge is 0.319 e. The van der Waals surface area contributed by atoms with Gasteiger partial charge in [0.05, 0.1) is 16.7 Å². The van der Waals surface area contributed by atoms with Gasteiger partial charge >= 0.3 is 6.03 Å². The first-order valence-corrected chi connectivity index (χ1v) is 12.9. The number of likely N-dealkylation sites (tertiary alicyclic amines) is 1. The Balaban J connectivity index is 1.31. The number of urea groups is 1. The first-order valence-electron chi connectivity index (χ1n) is 11.4. The molecule has 0 atom stereocenters. The van der Waals surface area contributed by atoms with E-state index in [0.29, 0.717) is 50.3 Å². The number of hydrogen-bond acceptors (Lipinski definition) is 5. The standard InChI is InChI=1S/C23H30N4O5S/c28-22(18-10-15-32-17-18)26-13-8-19(9-14-26)24-23(29)25-20-6-5-7-21(16-20)33(30,31)27-11-3-1-2-4-12-27/h5-7,10,15-17,19H,1-4,8-9,11-14H2,(H2,24,25,29). The molecule has 4 rings (SSSR count). The van der Waals surface area contributed by atoms with Gasteiger partial charge < -0.3 is 20.0 Å². The van der Waals surface area contributed by atoms with E-state index in [-0.39, 0.29) is 22.9 Å². The Labute approximate surface area is 194 Å². The minimum atomic E-state index is -3.59. The molecule has 0 bridgehead atoms. The minimum Gasteiger partial charge on any atom is -0.472 e. The summed E-state index contributed by atoms with van der Waals surface area (Å²) in [5, 5.41) is 5.67. The molecular weight excluding hydrogens is 444 g/mol. The molecule has 33 heavy (non-hydrogen) atoms. The first-order chi connectivity index (χ1) is 15.9. The second-order valence-electron chi connectivity index (χ2n) is 8.52. The van der Waals surface area contributed by atoms with Gasteiger partial charge in [0.1, 0.15) is 6.26 Å². The average Bonchev–Trinajstić information content (AvgIpc) is 3.21. The number of nitrogens with one attached hydrogen (secondary N) is 2. The van der Waals surface area contributed by atoms with E-state index in [9.17, 15) is 18.0 Å². The third kappa shape index (κ3) is 5.75. The van der Waals surface area contributed by atoms with Crippen molar-refractivity contribution in [3.05, 3.63) is 48.4 Å². The Kier molecular flexibility index (Phi) is 7.34. The summed E-state index contributed by atoms with van der Waals surface area (Å²) < 4.78 is 32.6. The van der Waals surface area contributed by atoms with Crippen molar-refractivity contribution in [2.75, 3.05) is 31.5 Å². The van der Waals surface area contributed by atoms with Crippen LogP contribution < -0.4 is 10.6 Å². The first kappa shape index (κ1) is 23.3. The highest BCUT2D eigenvalue weighted by Crippen LogP contribution is 2.23. The fourth-order valence-electron chi connectivity index (χ4n) is 4.31. The topological polar surface area (TPSA) is 112 Å². The van der Waals surface area contributed by atoms with E-state index in [1.54, 1.807) is 29.2 Å². The average molecular weight is 475 g/mol. The van der Waals surface area contributed by atoms with Gasteiger partial charge in [0.2, 0.25) is 10.0 Å². The highest BCUT2D eigenvalue weighted by atomic mass is 32.2. The molecule has 1 aromatic carbocycles. The summed E-state index contributed by atoms with van der Waals surface area (Å²) in [6.07, 6.45) is 8.01. The van der Waals surface area contributed by atoms with Crippen molar-refractivity contribution in [1.29, 1.82) is 0 Å². The number of hydrogen-bond donors (Lipinski definition) is 2. The summed E-state index contributed by atoms with van der Waals surface area (Å²) in [7, 11) is -3.59. The molecule has 178 valence electrons. The maximum Gasteiger partial charge on any atom is 0.319 e. The van der Waals surface area contributed by atoms with Crippen molar-refractivity contribution in [2.24, 2.45) is 0 Å². The summed E-state index contributed by atoms with van der Waals surface area (Å²) in [6, 6.07) is 7.57. The molecule has 2 saturated heterocycles. The lowest BCUT2D eigenvalue weighted by Gasteiger charge is -2.32. The monoisotopic (exact) mass is 474 g/mol. The van der Waals surface area contributed by atoms with Crippen LogP contribution in [-0.4, -0.2) is 61.8 Å². The molecule has 2 aromatic rings. The van der Waals surface area contributed by atoms with Gasteiger partial charge in [0.25, 0.3) is 5.91 Å². The number of anilines is 1. The maximum atomic E-state index is 13.0. The summed E-state index contributed by atoms with van der Waals surface area (Å²) in [4.78, 5) is 26.8. The van der Waals surface area contributed by atoms with Crippen molar-refractivity contribution < 1.29 is 22.4 Å². The van der Waals surface area contributed by atoms with Crippen LogP contribution in [0, 0.1) is 0 Å². The highest BCUT2D eigenvalue weighted by molar-refractivity contribution is 7.89. The zero-order valence-electron chi connectivity index (χ0n) is 18.5. The Bertz CT molecular complexity index is 1050. The summed E-state index contributed by atoms with van der Waals surface area (Å²) in [6.45, 7) is 2.14. The quantitative estimate of drug-likeness (QED) is 0.691. The van der Waals surface area contributed by atoms with Gasteiger partial charge in [0, 0.05) is 37.9 Å². The SMILES string of the molecule is O=C(Nc1cccc(S(=O)(=O)N2CCCCCC2)c1)NC1CCN(C(=O)c2ccoc2)CC1. The number of amides is 3. The van der Waals surface area contributed by atoms with E-state index in [2.05, 4.69) is 10.6 Å². The largest absolute Gasteiger partial charge is 0.472 e. The molecule has 2 aliphatic rings. The molecule has 10 heteroatoms. The number of carbonyl (C=O) groups excluding carboxylic acids is 2. The molecule has 0 spiro atoms. The number of carbonyl (C=O) groups is 2. The van der Waals surface area contributed by atoms with Gasteiger partial charge in [-0.05, 0) is 49.9 Å². The number of sulfonamides is 1. The van der Waals surface area contributed by atoms with Gasteiger partial charge in [-0.25, -0.2) is 13.2 Å². The van der Waals surface area contributed by atoms with Crippen LogP contribution in [0.2, 0.25) is 0 Å². The van der Waals surface area contributed by atoms with Gasteiger partial charge in [-0.2, -0.15) is 4.31 Å². The van der Waals surface area contributed by atoms with Crippen LogP contribution in [0.1, 0.15) is 48.9 Å². The van der Waals surface area contributed by atoms with E-state index in [4.69, 9.17) is 4.42 Å². The fraction of sp³-hybridized carbons (Fsp3) is 0.478. The van der Waals surface area contributed by atoms with Crippen molar-refractivity contribution in [3.8, 4) is 0 Å². The predicted octanol–water partition coefficient (Wildman–Crippen LogP) is 3.27. The van der Waals surface area contributed by atoms with E-state index in [1.165, 1.54) is 22.9 Å². The van der Waals surface area contributed by atoms with Crippen molar-refractivity contribution in [2.45, 2.75) is 49.5 Å². The third-order valence-electron chi connectivity index (χ3n) is 6.18. The molecule has 3 heterocycles. The molecule has 2 N–H and O–H groups in total. The number of benzene rings is 1. The van der Waals surface area contributed by atoms with Crippen LogP contribution in [0.3, 0.4) is 0 Å². The van der Waals surface area contributed by atoms with E-state index in [0.717, 1.165) is 25.7 Å². The zero-order chi connectivity index (χ0) is 23.3. The summed E-state index contributed by atoms with van der Waals surface area (Å²) >= 11 is 0. The van der Waals surface area contributed by atoms with Gasteiger partial charge in [-0.15, -0.1) is 0 Å².